The molecule has 5 rings (SSSR count). The molecular weight excluding hydrogens is 461 g/mol. The minimum absolute atomic E-state index is 0.00339. The van der Waals surface area contributed by atoms with Gasteiger partial charge in [-0.1, -0.05) is 6.07 Å². The van der Waals surface area contributed by atoms with Gasteiger partial charge in [-0.2, -0.15) is 13.2 Å². The zero-order valence-electron chi connectivity index (χ0n) is 19.8. The Hall–Kier alpha value is -2.88. The van der Waals surface area contributed by atoms with E-state index in [1.54, 1.807) is 31.1 Å². The Morgan fingerprint density at radius 3 is 2.54 bits per heavy atom. The van der Waals surface area contributed by atoms with Gasteiger partial charge in [0.05, 0.1) is 30.3 Å². The molecule has 0 radical (unpaired) electrons. The number of nitrogens with zero attached hydrogens (tertiary/aromatic N) is 4. The zero-order valence-corrected chi connectivity index (χ0v) is 19.8. The lowest BCUT2D eigenvalue weighted by Gasteiger charge is -2.42. The van der Waals surface area contributed by atoms with Gasteiger partial charge in [0, 0.05) is 18.5 Å². The number of hydrogen-bond acceptors (Lipinski definition) is 6. The Labute approximate surface area is 202 Å². The largest absolute Gasteiger partial charge is 0.478 e. The molecule has 0 N–H and O–H groups in total. The summed E-state index contributed by atoms with van der Waals surface area (Å²) in [5.41, 5.74) is -1.15. The van der Waals surface area contributed by atoms with Crippen LogP contribution in [0, 0.1) is 0 Å². The molecule has 0 unspecified atom stereocenters. The smallest absolute Gasteiger partial charge is 0.416 e. The normalized spacial score (nSPS) is 23.2. The maximum atomic E-state index is 13.4. The first-order valence-corrected chi connectivity index (χ1v) is 12.0. The van der Waals surface area contributed by atoms with Crippen molar-refractivity contribution in [3.8, 4) is 11.6 Å². The van der Waals surface area contributed by atoms with Crippen LogP contribution in [0.25, 0.3) is 0 Å². The molecule has 7 nitrogen and oxygen atoms in total. The van der Waals surface area contributed by atoms with E-state index in [2.05, 4.69) is 14.9 Å². The average Bonchev–Trinajstić information content (AvgIpc) is 3.60. The summed E-state index contributed by atoms with van der Waals surface area (Å²) in [4.78, 5) is 26.1. The lowest BCUT2D eigenvalue weighted by atomic mass is 10.0. The fourth-order valence-electron chi connectivity index (χ4n) is 4.85. The molecule has 10 heteroatoms. The van der Waals surface area contributed by atoms with Crippen molar-refractivity contribution in [2.45, 2.75) is 75.9 Å². The molecule has 2 aromatic rings. The van der Waals surface area contributed by atoms with Gasteiger partial charge < -0.3 is 14.4 Å². The number of hydrogen-bond donors (Lipinski definition) is 0. The lowest BCUT2D eigenvalue weighted by Crippen LogP contribution is -2.58. The van der Waals surface area contributed by atoms with E-state index in [1.165, 1.54) is 12.1 Å². The summed E-state index contributed by atoms with van der Waals surface area (Å²) in [5.74, 6) is 0.712. The molecule has 1 saturated carbocycles. The topological polar surface area (TPSA) is 67.8 Å². The Balaban J connectivity index is 1.23. The van der Waals surface area contributed by atoms with E-state index in [-0.39, 0.29) is 17.9 Å². The van der Waals surface area contributed by atoms with Gasteiger partial charge in [0.15, 0.2) is 11.8 Å². The van der Waals surface area contributed by atoms with E-state index in [1.807, 2.05) is 0 Å². The van der Waals surface area contributed by atoms with E-state index >= 15 is 0 Å². The minimum Gasteiger partial charge on any atom is -0.478 e. The first-order valence-electron chi connectivity index (χ1n) is 12.0. The standard InChI is InChI=1S/C25H29F3N4O3/c1-24(2,35-19-5-3-4-17(12-19)25(26,27)28)23(33)31-11-10-18-8-9-22(32(18)15-31)34-21-14-29-20(13-30-21)16-6-7-16/h3-5,12-14,16,18,22H,6-11,15H2,1-2H3/t18-,22-/m0/s1. The van der Waals surface area contributed by atoms with Gasteiger partial charge in [0.25, 0.3) is 5.91 Å². The molecule has 1 amide bonds. The van der Waals surface area contributed by atoms with Gasteiger partial charge in [-0.3, -0.25) is 9.78 Å². The van der Waals surface area contributed by atoms with Crippen LogP contribution < -0.4 is 9.47 Å². The predicted molar refractivity (Wildman–Crippen MR) is 121 cm³/mol. The molecule has 2 atom stereocenters. The fourth-order valence-corrected chi connectivity index (χ4v) is 4.85. The summed E-state index contributed by atoms with van der Waals surface area (Å²) in [6.07, 6.45) is 3.63. The lowest BCUT2D eigenvalue weighted by molar-refractivity contribution is -0.153. The minimum atomic E-state index is -4.48. The van der Waals surface area contributed by atoms with Crippen molar-refractivity contribution in [1.29, 1.82) is 0 Å². The van der Waals surface area contributed by atoms with Gasteiger partial charge in [-0.15, -0.1) is 0 Å². The average molecular weight is 491 g/mol. The molecule has 1 aliphatic carbocycles. The quantitative estimate of drug-likeness (QED) is 0.590. The summed E-state index contributed by atoms with van der Waals surface area (Å²) in [7, 11) is 0. The summed E-state index contributed by atoms with van der Waals surface area (Å²) >= 11 is 0. The van der Waals surface area contributed by atoms with Crippen LogP contribution in [0.4, 0.5) is 13.2 Å². The zero-order chi connectivity index (χ0) is 24.8. The Bertz CT molecular complexity index is 1070. The van der Waals surface area contributed by atoms with Crippen molar-refractivity contribution < 1.29 is 27.4 Å². The van der Waals surface area contributed by atoms with Gasteiger partial charge in [-0.05, 0) is 64.2 Å². The van der Waals surface area contributed by atoms with Crippen molar-refractivity contribution in [3.05, 3.63) is 47.9 Å². The molecule has 2 saturated heterocycles. The van der Waals surface area contributed by atoms with E-state index in [4.69, 9.17) is 9.47 Å². The van der Waals surface area contributed by atoms with Crippen molar-refractivity contribution in [2.24, 2.45) is 0 Å². The Kier molecular flexibility index (Phi) is 6.11. The number of aromatic nitrogens is 2. The second kappa shape index (κ2) is 8.96. The first-order chi connectivity index (χ1) is 16.6. The van der Waals surface area contributed by atoms with Gasteiger partial charge >= 0.3 is 6.18 Å². The maximum Gasteiger partial charge on any atom is 0.416 e. The molecule has 35 heavy (non-hydrogen) atoms. The Morgan fingerprint density at radius 2 is 1.86 bits per heavy atom. The fraction of sp³-hybridized carbons (Fsp3) is 0.560. The predicted octanol–water partition coefficient (Wildman–Crippen LogP) is 4.59. The van der Waals surface area contributed by atoms with E-state index < -0.39 is 17.3 Å². The molecule has 188 valence electrons. The first kappa shape index (κ1) is 23.8. The number of halogens is 3. The highest BCUT2D eigenvalue weighted by molar-refractivity contribution is 5.85. The number of rotatable bonds is 6. The molecule has 1 aromatic carbocycles. The molecule has 3 fully saturated rings. The highest BCUT2D eigenvalue weighted by atomic mass is 19.4. The van der Waals surface area contributed by atoms with Crippen LogP contribution in [0.3, 0.4) is 0 Å². The molecular formula is C25H29F3N4O3. The number of carbonyl (C=O) groups excluding carboxylic acids is 1. The van der Waals surface area contributed by atoms with Crippen LogP contribution in [0.1, 0.15) is 63.1 Å². The second-order valence-corrected chi connectivity index (χ2v) is 10.0. The number of carbonyl (C=O) groups is 1. The third-order valence-electron chi connectivity index (χ3n) is 6.89. The molecule has 0 spiro atoms. The second-order valence-electron chi connectivity index (χ2n) is 10.0. The number of benzene rings is 1. The number of fused-ring (bicyclic) bond motifs is 1. The summed E-state index contributed by atoms with van der Waals surface area (Å²) in [5, 5.41) is 0. The molecule has 2 aliphatic heterocycles. The van der Waals surface area contributed by atoms with E-state index in [0.717, 1.165) is 49.9 Å². The van der Waals surface area contributed by atoms with Crippen molar-refractivity contribution in [2.75, 3.05) is 13.2 Å². The van der Waals surface area contributed by atoms with Crippen LogP contribution in [-0.2, 0) is 11.0 Å². The highest BCUT2D eigenvalue weighted by Crippen LogP contribution is 2.39. The monoisotopic (exact) mass is 490 g/mol. The van der Waals surface area contributed by atoms with Crippen molar-refractivity contribution in [1.82, 2.24) is 19.8 Å². The van der Waals surface area contributed by atoms with Crippen molar-refractivity contribution in [3.63, 3.8) is 0 Å². The van der Waals surface area contributed by atoms with Gasteiger partial charge in [0.1, 0.15) is 5.75 Å². The molecule has 3 heterocycles. The highest BCUT2D eigenvalue weighted by Gasteiger charge is 2.43. The van der Waals surface area contributed by atoms with Crippen LogP contribution >= 0.6 is 0 Å². The molecule has 1 aromatic heterocycles. The molecule has 3 aliphatic rings. The summed E-state index contributed by atoms with van der Waals surface area (Å²) < 4.78 is 51.1. The van der Waals surface area contributed by atoms with Crippen LogP contribution in [0.2, 0.25) is 0 Å². The third kappa shape index (κ3) is 5.22. The number of amides is 1. The van der Waals surface area contributed by atoms with Crippen LogP contribution in [-0.4, -0.2) is 56.8 Å². The summed E-state index contributed by atoms with van der Waals surface area (Å²) in [6, 6.07) is 4.90. The van der Waals surface area contributed by atoms with E-state index in [9.17, 15) is 18.0 Å². The SMILES string of the molecule is CC(C)(Oc1cccc(C(F)(F)F)c1)C(=O)N1CC[C@@H]2CC[C@H](Oc3cnc(C4CC4)cn3)N2C1. The third-order valence-corrected chi connectivity index (χ3v) is 6.89. The van der Waals surface area contributed by atoms with Gasteiger partial charge in [-0.25, -0.2) is 9.88 Å². The number of ether oxygens (including phenoxy) is 2. The maximum absolute atomic E-state index is 13.4. The van der Waals surface area contributed by atoms with Gasteiger partial charge in [0.2, 0.25) is 5.88 Å². The van der Waals surface area contributed by atoms with Crippen LogP contribution in [0.15, 0.2) is 36.7 Å². The van der Waals surface area contributed by atoms with Crippen LogP contribution in [0.5, 0.6) is 11.6 Å². The van der Waals surface area contributed by atoms with E-state index in [0.29, 0.717) is 31.1 Å². The van der Waals surface area contributed by atoms with Crippen molar-refractivity contribution >= 4 is 5.91 Å². The number of alkyl halides is 3. The molecule has 0 bridgehead atoms. The summed E-state index contributed by atoms with van der Waals surface area (Å²) in [6.45, 7) is 4.07. The Morgan fingerprint density at radius 1 is 1.06 bits per heavy atom.